The molecular weight excluding hydrogens is 354 g/mol. The maximum absolute atomic E-state index is 6.45. The van der Waals surface area contributed by atoms with Gasteiger partial charge in [0.15, 0.2) is 5.75 Å². The van der Waals surface area contributed by atoms with Crippen LogP contribution in [0.15, 0.2) is 54.6 Å². The minimum atomic E-state index is 0.863. The Balaban J connectivity index is 1.56. The van der Waals surface area contributed by atoms with Crippen LogP contribution in [0.5, 0.6) is 11.5 Å². The van der Waals surface area contributed by atoms with Crippen molar-refractivity contribution < 1.29 is 9.30 Å². The minimum Gasteiger partial charge on any atom is -0.450 e. The quantitative estimate of drug-likeness (QED) is 0.313. The van der Waals surface area contributed by atoms with Crippen LogP contribution < -0.4 is 9.30 Å². The molecule has 1 fully saturated rings. The van der Waals surface area contributed by atoms with Gasteiger partial charge in [-0.15, -0.1) is 0 Å². The molecule has 29 heavy (non-hydrogen) atoms. The molecule has 0 radical (unpaired) electrons. The molecule has 3 aromatic carbocycles. The van der Waals surface area contributed by atoms with Gasteiger partial charge in [0.2, 0.25) is 5.52 Å². The second-order valence-electron chi connectivity index (χ2n) is 8.88. The lowest BCUT2D eigenvalue weighted by molar-refractivity contribution is -0.633. The molecule has 2 aliphatic rings. The maximum atomic E-state index is 6.45. The summed E-state index contributed by atoms with van der Waals surface area (Å²) in [6.45, 7) is 2.20. The van der Waals surface area contributed by atoms with Crippen LogP contribution in [0, 0.1) is 12.8 Å². The normalized spacial score (nSPS) is 15.7. The van der Waals surface area contributed by atoms with Gasteiger partial charge in [0, 0.05) is 17.5 Å². The second kappa shape index (κ2) is 6.32. The topological polar surface area (TPSA) is 13.1 Å². The number of hydrogen-bond donors (Lipinski definition) is 0. The third kappa shape index (κ3) is 2.58. The Morgan fingerprint density at radius 3 is 2.66 bits per heavy atom. The largest absolute Gasteiger partial charge is 0.450 e. The van der Waals surface area contributed by atoms with Crippen LogP contribution in [0.4, 0.5) is 0 Å². The summed E-state index contributed by atoms with van der Waals surface area (Å²) in [5, 5.41) is 3.74. The van der Waals surface area contributed by atoms with Gasteiger partial charge in [-0.3, -0.25) is 0 Å². The number of nitrogens with zero attached hydrogens (tertiary/aromatic N) is 1. The summed E-state index contributed by atoms with van der Waals surface area (Å²) in [6.07, 6.45) is 6.79. The van der Waals surface area contributed by atoms with E-state index in [1.54, 1.807) is 0 Å². The summed E-state index contributed by atoms with van der Waals surface area (Å²) in [5.41, 5.74) is 6.50. The molecule has 0 amide bonds. The van der Waals surface area contributed by atoms with Crippen LogP contribution in [0.25, 0.3) is 32.9 Å². The van der Waals surface area contributed by atoms with Gasteiger partial charge >= 0.3 is 0 Å². The highest BCUT2D eigenvalue weighted by Gasteiger charge is 2.30. The lowest BCUT2D eigenvalue weighted by Crippen LogP contribution is -2.33. The van der Waals surface area contributed by atoms with Crippen LogP contribution in [0.1, 0.15) is 36.8 Å². The molecule has 1 saturated carbocycles. The molecule has 144 valence electrons. The summed E-state index contributed by atoms with van der Waals surface area (Å²) in [6, 6.07) is 20.0. The molecule has 2 heterocycles. The molecule has 2 nitrogen and oxygen atoms in total. The van der Waals surface area contributed by atoms with E-state index in [0.717, 1.165) is 17.4 Å². The van der Waals surface area contributed by atoms with Crippen LogP contribution >= 0.6 is 0 Å². The summed E-state index contributed by atoms with van der Waals surface area (Å²) in [4.78, 5) is 0. The monoisotopic (exact) mass is 380 g/mol. The molecule has 0 spiro atoms. The van der Waals surface area contributed by atoms with E-state index in [4.69, 9.17) is 4.74 Å². The first-order chi connectivity index (χ1) is 14.2. The van der Waals surface area contributed by atoms with Crippen LogP contribution in [0.3, 0.4) is 0 Å². The highest BCUT2D eigenvalue weighted by Crippen LogP contribution is 2.47. The van der Waals surface area contributed by atoms with Crippen molar-refractivity contribution in [3.05, 3.63) is 65.7 Å². The molecule has 4 aromatic rings. The smallest absolute Gasteiger partial charge is 0.256 e. The number of aromatic nitrogens is 1. The van der Waals surface area contributed by atoms with Gasteiger partial charge < -0.3 is 4.74 Å². The van der Waals surface area contributed by atoms with Gasteiger partial charge in [-0.1, -0.05) is 56.0 Å². The van der Waals surface area contributed by atoms with Gasteiger partial charge in [-0.25, -0.2) is 0 Å². The van der Waals surface area contributed by atoms with Crippen LogP contribution in [-0.2, 0) is 13.5 Å². The SMILES string of the molecule is Cc1ccc2cccc3c2c1-c1c(cc2cc(CC4CCCC4)ccc2[n+]1C)O3. The standard InChI is InChI=1S/C27H26NO/c1-17-10-12-20-8-5-9-23-26(20)25(17)27-24(29-23)16-21-15-19(11-13-22(21)28(27)2)14-18-6-3-4-7-18/h5,8-13,15-16,18H,3-4,6-7,14H2,1-2H3/q+1. The van der Waals surface area contributed by atoms with Crippen LogP contribution in [0.2, 0.25) is 0 Å². The van der Waals surface area contributed by atoms with Crippen molar-refractivity contribution in [2.45, 2.75) is 39.0 Å². The maximum Gasteiger partial charge on any atom is 0.256 e. The molecule has 0 atom stereocenters. The average molecular weight is 381 g/mol. The lowest BCUT2D eigenvalue weighted by Gasteiger charge is -2.21. The molecule has 1 aliphatic heterocycles. The zero-order chi connectivity index (χ0) is 19.5. The number of benzene rings is 3. The third-order valence-electron chi connectivity index (χ3n) is 6.98. The van der Waals surface area contributed by atoms with Gasteiger partial charge in [-0.2, -0.15) is 4.57 Å². The number of hydrogen-bond acceptors (Lipinski definition) is 1. The molecule has 1 aliphatic carbocycles. The van der Waals surface area contributed by atoms with Crippen molar-refractivity contribution in [1.82, 2.24) is 0 Å². The van der Waals surface area contributed by atoms with E-state index in [0.29, 0.717) is 0 Å². The third-order valence-corrected chi connectivity index (χ3v) is 6.98. The summed E-state index contributed by atoms with van der Waals surface area (Å²) in [7, 11) is 2.17. The molecule has 6 rings (SSSR count). The fraction of sp³-hybridized carbons (Fsp3) is 0.296. The molecular formula is C27H26NO+. The Morgan fingerprint density at radius 1 is 0.931 bits per heavy atom. The van der Waals surface area contributed by atoms with Gasteiger partial charge in [0.05, 0.1) is 10.9 Å². The number of rotatable bonds is 2. The Bertz CT molecular complexity index is 1280. The van der Waals surface area contributed by atoms with Crippen molar-refractivity contribution in [3.63, 3.8) is 0 Å². The second-order valence-corrected chi connectivity index (χ2v) is 8.88. The van der Waals surface area contributed by atoms with E-state index in [2.05, 4.69) is 73.1 Å². The first-order valence-corrected chi connectivity index (χ1v) is 10.9. The van der Waals surface area contributed by atoms with Gasteiger partial charge in [0.25, 0.3) is 5.69 Å². The number of aryl methyl sites for hydroxylation is 2. The van der Waals surface area contributed by atoms with E-state index in [9.17, 15) is 0 Å². The van der Waals surface area contributed by atoms with Crippen molar-refractivity contribution in [2.24, 2.45) is 13.0 Å². The van der Waals surface area contributed by atoms with Crippen molar-refractivity contribution in [2.75, 3.05) is 0 Å². The Hall–Kier alpha value is -2.87. The number of pyridine rings is 1. The first kappa shape index (κ1) is 17.0. The zero-order valence-electron chi connectivity index (χ0n) is 17.2. The predicted molar refractivity (Wildman–Crippen MR) is 119 cm³/mol. The van der Waals surface area contributed by atoms with Crippen LogP contribution in [-0.4, -0.2) is 0 Å². The fourth-order valence-corrected chi connectivity index (χ4v) is 5.52. The van der Waals surface area contributed by atoms with Crippen molar-refractivity contribution >= 4 is 21.7 Å². The number of ether oxygens (including phenoxy) is 1. The highest BCUT2D eigenvalue weighted by atomic mass is 16.5. The lowest BCUT2D eigenvalue weighted by atomic mass is 9.92. The molecule has 0 bridgehead atoms. The summed E-state index contributed by atoms with van der Waals surface area (Å²) >= 11 is 0. The number of fused-ring (bicyclic) bond motifs is 3. The Labute approximate surface area is 171 Å². The summed E-state index contributed by atoms with van der Waals surface area (Å²) < 4.78 is 8.77. The molecule has 0 saturated heterocycles. The predicted octanol–water partition coefficient (Wildman–Crippen LogP) is 6.63. The van der Waals surface area contributed by atoms with E-state index in [1.165, 1.54) is 76.2 Å². The average Bonchev–Trinajstić information content (AvgIpc) is 3.23. The Morgan fingerprint density at radius 2 is 1.79 bits per heavy atom. The van der Waals surface area contributed by atoms with E-state index in [1.807, 2.05) is 0 Å². The van der Waals surface area contributed by atoms with E-state index in [-0.39, 0.29) is 0 Å². The van der Waals surface area contributed by atoms with Gasteiger partial charge in [0.1, 0.15) is 12.8 Å². The van der Waals surface area contributed by atoms with Gasteiger partial charge in [-0.05, 0) is 47.9 Å². The Kier molecular flexibility index (Phi) is 3.71. The molecule has 1 aromatic heterocycles. The van der Waals surface area contributed by atoms with E-state index < -0.39 is 0 Å². The van der Waals surface area contributed by atoms with Crippen molar-refractivity contribution in [1.29, 1.82) is 0 Å². The molecule has 0 N–H and O–H groups in total. The van der Waals surface area contributed by atoms with Crippen molar-refractivity contribution in [3.8, 4) is 22.8 Å². The summed E-state index contributed by atoms with van der Waals surface area (Å²) in [5.74, 6) is 2.80. The highest BCUT2D eigenvalue weighted by molar-refractivity contribution is 6.04. The fourth-order valence-electron chi connectivity index (χ4n) is 5.52. The molecule has 0 unspecified atom stereocenters. The zero-order valence-corrected chi connectivity index (χ0v) is 17.2. The molecule has 2 heteroatoms. The minimum absolute atomic E-state index is 0.863. The first-order valence-electron chi connectivity index (χ1n) is 10.9. The van der Waals surface area contributed by atoms with E-state index >= 15 is 0 Å².